The molecular formula is C13H13I2NO6. The van der Waals surface area contributed by atoms with Crippen LogP contribution in [0.15, 0.2) is 12.1 Å². The Balaban J connectivity index is 2.78. The maximum atomic E-state index is 11.6. The van der Waals surface area contributed by atoms with Crippen LogP contribution in [0.3, 0.4) is 0 Å². The van der Waals surface area contributed by atoms with E-state index in [0.717, 1.165) is 0 Å². The summed E-state index contributed by atoms with van der Waals surface area (Å²) in [6.07, 6.45) is -0.586. The van der Waals surface area contributed by atoms with E-state index in [2.05, 4.69) is 5.32 Å². The summed E-state index contributed by atoms with van der Waals surface area (Å²) in [5, 5.41) is 29.7. The summed E-state index contributed by atoms with van der Waals surface area (Å²) < 4.78 is 1.17. The molecule has 0 aliphatic carbocycles. The second kappa shape index (κ2) is 8.50. The molecule has 0 aliphatic rings. The first-order chi connectivity index (χ1) is 10.2. The second-order valence-electron chi connectivity index (χ2n) is 4.46. The fourth-order valence-corrected chi connectivity index (χ4v) is 3.56. The lowest BCUT2D eigenvalue weighted by atomic mass is 10.1. The number of aromatic hydroxyl groups is 1. The number of hydrogen-bond donors (Lipinski definition) is 4. The maximum Gasteiger partial charge on any atom is 0.326 e. The van der Waals surface area contributed by atoms with Gasteiger partial charge in [-0.2, -0.15) is 0 Å². The molecular weight excluding hydrogens is 520 g/mol. The first-order valence-electron chi connectivity index (χ1n) is 6.11. The minimum Gasteiger partial charge on any atom is -0.506 e. The highest BCUT2D eigenvalue weighted by atomic mass is 127. The van der Waals surface area contributed by atoms with Gasteiger partial charge >= 0.3 is 11.9 Å². The molecule has 7 nitrogen and oxygen atoms in total. The Morgan fingerprint density at radius 3 is 2.09 bits per heavy atom. The summed E-state index contributed by atoms with van der Waals surface area (Å²) in [6.45, 7) is 0. The van der Waals surface area contributed by atoms with Crippen LogP contribution in [-0.2, 0) is 20.8 Å². The zero-order chi connectivity index (χ0) is 16.9. The molecule has 1 rings (SSSR count). The van der Waals surface area contributed by atoms with E-state index in [0.29, 0.717) is 12.7 Å². The van der Waals surface area contributed by atoms with E-state index in [-0.39, 0.29) is 25.0 Å². The minimum absolute atomic E-state index is 0.0421. The van der Waals surface area contributed by atoms with Gasteiger partial charge in [0, 0.05) is 12.8 Å². The molecule has 1 amide bonds. The highest BCUT2D eigenvalue weighted by molar-refractivity contribution is 14.1. The van der Waals surface area contributed by atoms with E-state index in [9.17, 15) is 19.5 Å². The standard InChI is InChI=1S/C13H13I2NO6/c14-7-3-6(4-8(15)12(7)20)5-9(13(21)22)16-10(17)1-2-11(18)19/h3-4,9,20H,1-2,5H2,(H,16,17)(H,18,19)(H,21,22)/t9-/m0/s1. The molecule has 22 heavy (non-hydrogen) atoms. The smallest absolute Gasteiger partial charge is 0.326 e. The Labute approximate surface area is 153 Å². The fourth-order valence-electron chi connectivity index (χ4n) is 1.66. The van der Waals surface area contributed by atoms with Gasteiger partial charge < -0.3 is 20.6 Å². The Kier molecular flexibility index (Phi) is 7.32. The van der Waals surface area contributed by atoms with Crippen LogP contribution in [0.4, 0.5) is 0 Å². The van der Waals surface area contributed by atoms with Crippen molar-refractivity contribution in [3.8, 4) is 5.75 Å². The number of carbonyl (C=O) groups is 3. The van der Waals surface area contributed by atoms with Gasteiger partial charge in [-0.25, -0.2) is 4.79 Å². The Bertz CT molecular complexity index is 581. The Morgan fingerprint density at radius 1 is 1.09 bits per heavy atom. The van der Waals surface area contributed by atoms with E-state index in [1.807, 2.05) is 45.2 Å². The number of amides is 1. The lowest BCUT2D eigenvalue weighted by Gasteiger charge is -2.15. The number of halogens is 2. The van der Waals surface area contributed by atoms with Gasteiger partial charge in [0.25, 0.3) is 0 Å². The van der Waals surface area contributed by atoms with Crippen molar-refractivity contribution in [2.45, 2.75) is 25.3 Å². The first-order valence-corrected chi connectivity index (χ1v) is 8.27. The third-order valence-electron chi connectivity index (χ3n) is 2.72. The lowest BCUT2D eigenvalue weighted by Crippen LogP contribution is -2.42. The average Bonchev–Trinajstić information content (AvgIpc) is 2.41. The molecule has 0 radical (unpaired) electrons. The number of carboxylic acid groups (broad SMARTS) is 2. The summed E-state index contributed by atoms with van der Waals surface area (Å²) >= 11 is 3.86. The van der Waals surface area contributed by atoms with E-state index in [1.54, 1.807) is 12.1 Å². The van der Waals surface area contributed by atoms with Crippen LogP contribution >= 0.6 is 45.2 Å². The fraction of sp³-hybridized carbons (Fsp3) is 0.308. The van der Waals surface area contributed by atoms with Crippen LogP contribution in [0.5, 0.6) is 5.75 Å². The molecule has 0 aromatic heterocycles. The molecule has 1 aromatic carbocycles. The molecule has 9 heteroatoms. The summed E-state index contributed by atoms with van der Waals surface area (Å²) in [6, 6.07) is 2.12. The molecule has 1 atom stereocenters. The molecule has 0 saturated heterocycles. The molecule has 0 heterocycles. The summed E-state index contributed by atoms with van der Waals surface area (Å²) in [5.41, 5.74) is 0.650. The largest absolute Gasteiger partial charge is 0.506 e. The summed E-state index contributed by atoms with van der Waals surface area (Å²) in [7, 11) is 0. The highest BCUT2D eigenvalue weighted by Crippen LogP contribution is 2.27. The van der Waals surface area contributed by atoms with Crippen LogP contribution in [-0.4, -0.2) is 39.2 Å². The topological polar surface area (TPSA) is 124 Å². The predicted molar refractivity (Wildman–Crippen MR) is 93.7 cm³/mol. The van der Waals surface area contributed by atoms with E-state index >= 15 is 0 Å². The zero-order valence-electron chi connectivity index (χ0n) is 11.2. The zero-order valence-corrected chi connectivity index (χ0v) is 15.5. The number of carboxylic acids is 2. The van der Waals surface area contributed by atoms with E-state index in [4.69, 9.17) is 10.2 Å². The van der Waals surface area contributed by atoms with Crippen molar-refractivity contribution >= 4 is 63.0 Å². The molecule has 1 aromatic rings. The third-order valence-corrected chi connectivity index (χ3v) is 4.36. The first kappa shape index (κ1) is 18.9. The van der Waals surface area contributed by atoms with Crippen molar-refractivity contribution in [1.82, 2.24) is 5.32 Å². The van der Waals surface area contributed by atoms with Gasteiger partial charge in [0.2, 0.25) is 5.91 Å². The number of phenolic OH excluding ortho intramolecular Hbond substituents is 1. The predicted octanol–water partition coefficient (Wildman–Crippen LogP) is 1.58. The van der Waals surface area contributed by atoms with Crippen LogP contribution in [0.2, 0.25) is 0 Å². The van der Waals surface area contributed by atoms with E-state index < -0.39 is 23.9 Å². The number of benzene rings is 1. The van der Waals surface area contributed by atoms with Crippen molar-refractivity contribution in [2.75, 3.05) is 0 Å². The van der Waals surface area contributed by atoms with Gasteiger partial charge in [0.1, 0.15) is 11.8 Å². The molecule has 0 unspecified atom stereocenters. The number of hydrogen-bond acceptors (Lipinski definition) is 4. The van der Waals surface area contributed by atoms with Crippen molar-refractivity contribution in [2.24, 2.45) is 0 Å². The van der Waals surface area contributed by atoms with Crippen LogP contribution in [0.25, 0.3) is 0 Å². The average molecular weight is 533 g/mol. The van der Waals surface area contributed by atoms with Gasteiger partial charge in [-0.15, -0.1) is 0 Å². The molecule has 0 aliphatic heterocycles. The van der Waals surface area contributed by atoms with Crippen LogP contribution < -0.4 is 5.32 Å². The Morgan fingerprint density at radius 2 is 1.64 bits per heavy atom. The number of aliphatic carboxylic acids is 2. The van der Waals surface area contributed by atoms with Gasteiger partial charge in [-0.1, -0.05) is 0 Å². The highest BCUT2D eigenvalue weighted by Gasteiger charge is 2.21. The van der Waals surface area contributed by atoms with Gasteiger partial charge in [0.05, 0.1) is 13.6 Å². The molecule has 0 saturated carbocycles. The van der Waals surface area contributed by atoms with Gasteiger partial charge in [-0.05, 0) is 62.9 Å². The third kappa shape index (κ3) is 5.94. The second-order valence-corrected chi connectivity index (χ2v) is 6.79. The normalized spacial score (nSPS) is 11.7. The van der Waals surface area contributed by atoms with Gasteiger partial charge in [-0.3, -0.25) is 9.59 Å². The summed E-state index contributed by atoms with van der Waals surface area (Å²) in [4.78, 5) is 33.2. The minimum atomic E-state index is -1.21. The molecule has 120 valence electrons. The monoisotopic (exact) mass is 533 g/mol. The molecule has 0 fully saturated rings. The van der Waals surface area contributed by atoms with Crippen molar-refractivity contribution in [3.63, 3.8) is 0 Å². The number of phenols is 1. The van der Waals surface area contributed by atoms with Crippen molar-refractivity contribution in [3.05, 3.63) is 24.8 Å². The number of nitrogens with one attached hydrogen (secondary N) is 1. The van der Waals surface area contributed by atoms with Crippen LogP contribution in [0, 0.1) is 7.14 Å². The quantitative estimate of drug-likeness (QED) is 0.395. The SMILES string of the molecule is O=C(O)CCC(=O)N[C@@H](Cc1cc(I)c(O)c(I)c1)C(=O)O. The Hall–Kier alpha value is -1.11. The van der Waals surface area contributed by atoms with Crippen molar-refractivity contribution in [1.29, 1.82) is 0 Å². The maximum absolute atomic E-state index is 11.6. The van der Waals surface area contributed by atoms with Crippen LogP contribution in [0.1, 0.15) is 18.4 Å². The van der Waals surface area contributed by atoms with Gasteiger partial charge in [0.15, 0.2) is 0 Å². The molecule has 4 N–H and O–H groups in total. The number of carbonyl (C=O) groups excluding carboxylic acids is 1. The van der Waals surface area contributed by atoms with Crippen molar-refractivity contribution < 1.29 is 29.7 Å². The van der Waals surface area contributed by atoms with E-state index in [1.165, 1.54) is 0 Å². The summed E-state index contributed by atoms with van der Waals surface area (Å²) in [5.74, 6) is -2.83. The molecule has 0 bridgehead atoms. The lowest BCUT2D eigenvalue weighted by molar-refractivity contribution is -0.142. The number of rotatable bonds is 7. The molecule has 0 spiro atoms.